The second-order valence-electron chi connectivity index (χ2n) is 8.82. The molecular formula is C26H41NO3. The molecule has 0 aromatic heterocycles. The highest BCUT2D eigenvalue weighted by molar-refractivity contribution is 5.76. The Hall–Kier alpha value is -2.23. The van der Waals surface area contributed by atoms with Gasteiger partial charge in [-0.25, -0.2) is 0 Å². The van der Waals surface area contributed by atoms with Gasteiger partial charge in [-0.3, -0.25) is 4.99 Å². The molecule has 0 amide bonds. The monoisotopic (exact) mass is 415 g/mol. The lowest BCUT2D eigenvalue weighted by molar-refractivity contribution is 0.386. The molecule has 0 unspecified atom stereocenters. The highest BCUT2D eigenvalue weighted by atomic mass is 16.3. The summed E-state index contributed by atoms with van der Waals surface area (Å²) in [6.07, 6.45) is 12.6. The fourth-order valence-corrected chi connectivity index (χ4v) is 3.24. The molecule has 3 N–H and O–H groups in total. The average molecular weight is 416 g/mol. The number of unbranched alkanes of at least 4 members (excludes halogenated alkanes) is 2. The van der Waals surface area contributed by atoms with Gasteiger partial charge in [-0.15, -0.1) is 0 Å². The van der Waals surface area contributed by atoms with E-state index in [1.807, 2.05) is 13.0 Å². The summed E-state index contributed by atoms with van der Waals surface area (Å²) in [5.74, 6) is 0.0579. The molecule has 0 aliphatic heterocycles. The summed E-state index contributed by atoms with van der Waals surface area (Å²) >= 11 is 0. The van der Waals surface area contributed by atoms with Crippen LogP contribution in [0, 0.1) is 5.92 Å². The van der Waals surface area contributed by atoms with Gasteiger partial charge in [0.1, 0.15) is 11.4 Å². The van der Waals surface area contributed by atoms with E-state index in [4.69, 9.17) is 0 Å². The predicted molar refractivity (Wildman–Crippen MR) is 128 cm³/mol. The average Bonchev–Trinajstić information content (AvgIpc) is 2.67. The molecule has 0 saturated heterocycles. The van der Waals surface area contributed by atoms with Crippen LogP contribution in [0.5, 0.6) is 17.2 Å². The van der Waals surface area contributed by atoms with Crippen LogP contribution in [-0.4, -0.2) is 21.5 Å². The van der Waals surface area contributed by atoms with Crippen molar-refractivity contribution < 1.29 is 15.3 Å². The number of aromatic hydroxyl groups is 3. The number of allylic oxidation sites excluding steroid dienone is 4. The summed E-state index contributed by atoms with van der Waals surface area (Å²) in [6.45, 7) is 12.6. The Bertz CT molecular complexity index is 769. The van der Waals surface area contributed by atoms with Crippen LogP contribution in [0.1, 0.15) is 91.2 Å². The molecule has 0 heterocycles. The number of rotatable bonds is 12. The first kappa shape index (κ1) is 25.8. The van der Waals surface area contributed by atoms with Crippen LogP contribution in [0.15, 0.2) is 28.3 Å². The van der Waals surface area contributed by atoms with Gasteiger partial charge in [0.15, 0.2) is 11.5 Å². The number of nitrogens with zero attached hydrogens (tertiary/aromatic N) is 1. The number of aliphatic imine (C=N–C) groups is 1. The van der Waals surface area contributed by atoms with Crippen molar-refractivity contribution in [1.29, 1.82) is 0 Å². The zero-order valence-electron chi connectivity index (χ0n) is 19.8. The van der Waals surface area contributed by atoms with Gasteiger partial charge in [0, 0.05) is 17.3 Å². The van der Waals surface area contributed by atoms with Crippen molar-refractivity contribution >= 4 is 11.9 Å². The Labute approximate surface area is 183 Å². The van der Waals surface area contributed by atoms with Crippen molar-refractivity contribution in [2.75, 3.05) is 0 Å². The van der Waals surface area contributed by atoms with E-state index in [0.29, 0.717) is 35.6 Å². The Morgan fingerprint density at radius 1 is 0.933 bits per heavy atom. The molecule has 0 aliphatic carbocycles. The molecule has 4 heteroatoms. The van der Waals surface area contributed by atoms with Crippen LogP contribution in [0.4, 0.5) is 5.69 Å². The molecule has 0 saturated carbocycles. The number of phenolic OH excluding ortho intramolecular Hbond substituents is 3. The van der Waals surface area contributed by atoms with E-state index >= 15 is 0 Å². The molecule has 0 fully saturated rings. The lowest BCUT2D eigenvalue weighted by atomic mass is 9.97. The van der Waals surface area contributed by atoms with Gasteiger partial charge in [-0.2, -0.15) is 0 Å². The van der Waals surface area contributed by atoms with Gasteiger partial charge >= 0.3 is 0 Å². The molecule has 0 atom stereocenters. The Morgan fingerprint density at radius 3 is 2.20 bits per heavy atom. The summed E-state index contributed by atoms with van der Waals surface area (Å²) in [7, 11) is 0. The third kappa shape index (κ3) is 8.25. The van der Waals surface area contributed by atoms with E-state index in [0.717, 1.165) is 38.5 Å². The molecule has 1 aromatic rings. The second-order valence-corrected chi connectivity index (χ2v) is 8.82. The molecule has 4 nitrogen and oxygen atoms in total. The standard InChI is InChI=1S/C26H41NO3/c1-7-8-9-13-21-23(27-17-16-19(4)5)24(28)22(26(30)25(21)29)15-14-20(6)12-10-11-18(2)3/h11,14,17,19,28-30H,7-10,12-13,15-16H2,1-6H3/b20-14+,27-17?. The molecule has 30 heavy (non-hydrogen) atoms. The minimum absolute atomic E-state index is 0.0230. The molecule has 1 aromatic carbocycles. The Morgan fingerprint density at radius 2 is 1.60 bits per heavy atom. The molecular weight excluding hydrogens is 374 g/mol. The van der Waals surface area contributed by atoms with E-state index < -0.39 is 0 Å². The van der Waals surface area contributed by atoms with Crippen molar-refractivity contribution in [3.05, 3.63) is 34.4 Å². The smallest absolute Gasteiger partial charge is 0.165 e. The first-order valence-corrected chi connectivity index (χ1v) is 11.3. The normalized spacial score (nSPS) is 12.2. The lowest BCUT2D eigenvalue weighted by Gasteiger charge is -2.16. The van der Waals surface area contributed by atoms with E-state index in [-0.39, 0.29) is 17.2 Å². The van der Waals surface area contributed by atoms with Crippen molar-refractivity contribution in [3.63, 3.8) is 0 Å². The first-order valence-electron chi connectivity index (χ1n) is 11.3. The molecule has 0 spiro atoms. The topological polar surface area (TPSA) is 73.0 Å². The predicted octanol–water partition coefficient (Wildman–Crippen LogP) is 7.52. The number of benzene rings is 1. The second kappa shape index (κ2) is 13.1. The van der Waals surface area contributed by atoms with Gasteiger partial charge in [0.05, 0.1) is 0 Å². The quantitative estimate of drug-likeness (QED) is 0.109. The van der Waals surface area contributed by atoms with Gasteiger partial charge in [0.25, 0.3) is 0 Å². The number of phenols is 3. The SMILES string of the molecule is CCCCCc1c(O)c(O)c(C/C=C(\C)CCC=C(C)C)c(O)c1N=CCC(C)C. The maximum Gasteiger partial charge on any atom is 0.165 e. The molecule has 0 aliphatic rings. The molecule has 0 radical (unpaired) electrons. The van der Waals surface area contributed by atoms with E-state index in [1.54, 1.807) is 6.21 Å². The third-order valence-corrected chi connectivity index (χ3v) is 5.17. The van der Waals surface area contributed by atoms with Crippen LogP contribution in [0.3, 0.4) is 0 Å². The van der Waals surface area contributed by atoms with E-state index in [9.17, 15) is 15.3 Å². The number of hydrogen-bond donors (Lipinski definition) is 3. The highest BCUT2D eigenvalue weighted by Crippen LogP contribution is 2.48. The van der Waals surface area contributed by atoms with E-state index in [2.05, 4.69) is 45.7 Å². The minimum Gasteiger partial charge on any atom is -0.505 e. The maximum absolute atomic E-state index is 10.9. The Balaban J connectivity index is 3.24. The lowest BCUT2D eigenvalue weighted by Crippen LogP contribution is -1.95. The maximum atomic E-state index is 10.9. The van der Waals surface area contributed by atoms with Gasteiger partial charge < -0.3 is 15.3 Å². The van der Waals surface area contributed by atoms with Crippen LogP contribution < -0.4 is 0 Å². The first-order chi connectivity index (χ1) is 14.2. The summed E-state index contributed by atoms with van der Waals surface area (Å²) < 4.78 is 0. The summed E-state index contributed by atoms with van der Waals surface area (Å²) in [5.41, 5.74) is 3.75. The van der Waals surface area contributed by atoms with E-state index in [1.165, 1.54) is 11.1 Å². The van der Waals surface area contributed by atoms with Crippen molar-refractivity contribution in [2.45, 2.75) is 92.9 Å². The molecule has 1 rings (SSSR count). The van der Waals surface area contributed by atoms with Gasteiger partial charge in [-0.1, -0.05) is 56.9 Å². The van der Waals surface area contributed by atoms with Gasteiger partial charge in [-0.05, 0) is 65.2 Å². The summed E-state index contributed by atoms with van der Waals surface area (Å²) in [6, 6.07) is 0. The van der Waals surface area contributed by atoms with Crippen LogP contribution in [0.2, 0.25) is 0 Å². The van der Waals surface area contributed by atoms with Crippen LogP contribution >= 0.6 is 0 Å². The largest absolute Gasteiger partial charge is 0.505 e. The fraction of sp³-hybridized carbons (Fsp3) is 0.577. The number of hydrogen-bond acceptors (Lipinski definition) is 4. The summed E-state index contributed by atoms with van der Waals surface area (Å²) in [5, 5.41) is 32.2. The molecule has 168 valence electrons. The fourth-order valence-electron chi connectivity index (χ4n) is 3.24. The van der Waals surface area contributed by atoms with Crippen molar-refractivity contribution in [1.82, 2.24) is 0 Å². The van der Waals surface area contributed by atoms with Crippen molar-refractivity contribution in [2.24, 2.45) is 10.9 Å². The van der Waals surface area contributed by atoms with Crippen LogP contribution in [0.25, 0.3) is 0 Å². The third-order valence-electron chi connectivity index (χ3n) is 5.17. The Kier molecular flexibility index (Phi) is 11.3. The van der Waals surface area contributed by atoms with Gasteiger partial charge in [0.2, 0.25) is 0 Å². The minimum atomic E-state index is -0.227. The zero-order chi connectivity index (χ0) is 22.7. The molecule has 0 bridgehead atoms. The summed E-state index contributed by atoms with van der Waals surface area (Å²) in [4.78, 5) is 4.51. The highest BCUT2D eigenvalue weighted by Gasteiger charge is 2.22. The zero-order valence-corrected chi connectivity index (χ0v) is 19.8. The van der Waals surface area contributed by atoms with Crippen LogP contribution in [-0.2, 0) is 12.8 Å². The van der Waals surface area contributed by atoms with Crippen molar-refractivity contribution in [3.8, 4) is 17.2 Å².